The molecule has 0 aliphatic heterocycles. The number of carbonyl (C=O) groups is 1. The highest BCUT2D eigenvalue weighted by Crippen LogP contribution is 2.38. The molecule has 0 saturated heterocycles. The number of benzene rings is 2. The SMILES string of the molecule is O=C(CCCCl)Nc1ccc2c(c1)Cc1c-2[nH]c(=O)c2ccccc12. The maximum atomic E-state index is 12.3. The second kappa shape index (κ2) is 6.37. The van der Waals surface area contributed by atoms with Crippen LogP contribution in [-0.4, -0.2) is 16.8 Å². The molecule has 0 fully saturated rings. The lowest BCUT2D eigenvalue weighted by Gasteiger charge is -2.07. The molecule has 2 N–H and O–H groups in total. The molecule has 5 heteroatoms. The average Bonchev–Trinajstić information content (AvgIpc) is 2.98. The van der Waals surface area contributed by atoms with Gasteiger partial charge in [-0.05, 0) is 41.1 Å². The van der Waals surface area contributed by atoms with Gasteiger partial charge in [-0.15, -0.1) is 11.6 Å². The normalized spacial score (nSPS) is 12.0. The summed E-state index contributed by atoms with van der Waals surface area (Å²) in [4.78, 5) is 27.2. The number of carbonyl (C=O) groups excluding carboxylic acids is 1. The number of fused-ring (bicyclic) bond motifs is 5. The molecule has 0 saturated carbocycles. The van der Waals surface area contributed by atoms with Crippen molar-refractivity contribution in [2.45, 2.75) is 19.3 Å². The molecule has 2 aromatic carbocycles. The Morgan fingerprint density at radius 1 is 1.16 bits per heavy atom. The molecule has 0 radical (unpaired) electrons. The number of rotatable bonds is 4. The van der Waals surface area contributed by atoms with Gasteiger partial charge in [-0.1, -0.05) is 24.3 Å². The number of hydrogen-bond donors (Lipinski definition) is 2. The van der Waals surface area contributed by atoms with Gasteiger partial charge in [0.2, 0.25) is 5.91 Å². The fourth-order valence-corrected chi connectivity index (χ4v) is 3.59. The Bertz CT molecular complexity index is 1040. The third-order valence-electron chi connectivity index (χ3n) is 4.60. The van der Waals surface area contributed by atoms with Crippen LogP contribution in [-0.2, 0) is 11.2 Å². The zero-order valence-electron chi connectivity index (χ0n) is 13.6. The smallest absolute Gasteiger partial charge is 0.256 e. The quantitative estimate of drug-likeness (QED) is 0.544. The lowest BCUT2D eigenvalue weighted by molar-refractivity contribution is -0.116. The molecule has 1 amide bonds. The van der Waals surface area contributed by atoms with Gasteiger partial charge in [0.25, 0.3) is 5.56 Å². The van der Waals surface area contributed by atoms with E-state index in [2.05, 4.69) is 10.3 Å². The Hall–Kier alpha value is -2.59. The number of H-pyrrole nitrogens is 1. The van der Waals surface area contributed by atoms with E-state index in [4.69, 9.17) is 11.6 Å². The number of anilines is 1. The van der Waals surface area contributed by atoms with E-state index < -0.39 is 0 Å². The summed E-state index contributed by atoms with van der Waals surface area (Å²) in [5.41, 5.74) is 4.86. The fraction of sp³-hybridized carbons (Fsp3) is 0.200. The van der Waals surface area contributed by atoms with Gasteiger partial charge in [0, 0.05) is 35.4 Å². The minimum Gasteiger partial charge on any atom is -0.326 e. The number of nitrogens with one attached hydrogen (secondary N) is 2. The second-order valence-electron chi connectivity index (χ2n) is 6.24. The summed E-state index contributed by atoms with van der Waals surface area (Å²) in [5.74, 6) is 0.447. The molecule has 25 heavy (non-hydrogen) atoms. The molecule has 1 aliphatic rings. The van der Waals surface area contributed by atoms with Crippen LogP contribution in [0.3, 0.4) is 0 Å². The number of pyridine rings is 1. The average molecular weight is 353 g/mol. The summed E-state index contributed by atoms with van der Waals surface area (Å²) in [7, 11) is 0. The van der Waals surface area contributed by atoms with Crippen molar-refractivity contribution in [1.29, 1.82) is 0 Å². The van der Waals surface area contributed by atoms with Gasteiger partial charge in [0.05, 0.1) is 5.69 Å². The number of alkyl halides is 1. The van der Waals surface area contributed by atoms with Crippen LogP contribution in [0.2, 0.25) is 0 Å². The zero-order valence-corrected chi connectivity index (χ0v) is 14.3. The van der Waals surface area contributed by atoms with Crippen molar-refractivity contribution in [3.05, 3.63) is 63.9 Å². The predicted octanol–water partition coefficient (Wildman–Crippen LogP) is 4.06. The summed E-state index contributed by atoms with van der Waals surface area (Å²) in [6, 6.07) is 13.5. The van der Waals surface area contributed by atoms with Gasteiger partial charge in [-0.2, -0.15) is 0 Å². The van der Waals surface area contributed by atoms with E-state index in [-0.39, 0.29) is 11.5 Å². The van der Waals surface area contributed by atoms with Gasteiger partial charge < -0.3 is 10.3 Å². The first-order chi connectivity index (χ1) is 12.2. The van der Waals surface area contributed by atoms with Gasteiger partial charge in [0.15, 0.2) is 0 Å². The van der Waals surface area contributed by atoms with E-state index >= 15 is 0 Å². The highest BCUT2D eigenvalue weighted by Gasteiger charge is 2.22. The standard InChI is InChI=1S/C20H17ClN2O2/c21-9-3-6-18(24)22-13-7-8-14-12(10-13)11-17-15-4-1-2-5-16(15)20(25)23-19(14)17/h1-2,4-5,7-8,10H,3,6,9,11H2,(H,22,24)(H,23,25). The molecular weight excluding hydrogens is 336 g/mol. The van der Waals surface area contributed by atoms with Crippen LogP contribution in [0.5, 0.6) is 0 Å². The molecule has 1 heterocycles. The largest absolute Gasteiger partial charge is 0.326 e. The minimum atomic E-state index is -0.0688. The second-order valence-corrected chi connectivity index (χ2v) is 6.62. The monoisotopic (exact) mass is 352 g/mol. The topological polar surface area (TPSA) is 62.0 Å². The maximum Gasteiger partial charge on any atom is 0.256 e. The summed E-state index contributed by atoms with van der Waals surface area (Å²) >= 11 is 5.63. The molecule has 1 aromatic heterocycles. The van der Waals surface area contributed by atoms with Gasteiger partial charge in [-0.3, -0.25) is 9.59 Å². The van der Waals surface area contributed by atoms with E-state index in [1.807, 2.05) is 42.5 Å². The van der Waals surface area contributed by atoms with E-state index in [0.717, 1.165) is 39.9 Å². The lowest BCUT2D eigenvalue weighted by Crippen LogP contribution is -2.11. The van der Waals surface area contributed by atoms with Crippen LogP contribution in [0, 0.1) is 0 Å². The molecule has 3 aromatic rings. The van der Waals surface area contributed by atoms with E-state index in [9.17, 15) is 9.59 Å². The highest BCUT2D eigenvalue weighted by atomic mass is 35.5. The molecule has 0 spiro atoms. The van der Waals surface area contributed by atoms with Crippen molar-refractivity contribution in [2.24, 2.45) is 0 Å². The Labute approximate surface area is 149 Å². The third kappa shape index (κ3) is 2.83. The molecule has 1 aliphatic carbocycles. The number of amides is 1. The first-order valence-corrected chi connectivity index (χ1v) is 8.84. The highest BCUT2D eigenvalue weighted by molar-refractivity contribution is 6.18. The minimum absolute atomic E-state index is 0.0324. The molecule has 0 atom stereocenters. The molecule has 0 bridgehead atoms. The third-order valence-corrected chi connectivity index (χ3v) is 4.87. The van der Waals surface area contributed by atoms with Crippen LogP contribution in [0.4, 0.5) is 5.69 Å². The van der Waals surface area contributed by atoms with E-state index in [0.29, 0.717) is 24.1 Å². The van der Waals surface area contributed by atoms with Crippen molar-refractivity contribution in [2.75, 3.05) is 11.2 Å². The van der Waals surface area contributed by atoms with Crippen LogP contribution in [0.15, 0.2) is 47.3 Å². The summed E-state index contributed by atoms with van der Waals surface area (Å²) < 4.78 is 0. The summed E-state index contributed by atoms with van der Waals surface area (Å²) in [6.45, 7) is 0. The van der Waals surface area contributed by atoms with Crippen molar-refractivity contribution in [3.63, 3.8) is 0 Å². The fourth-order valence-electron chi connectivity index (χ4n) is 3.45. The lowest BCUT2D eigenvalue weighted by atomic mass is 10.0. The van der Waals surface area contributed by atoms with Crippen LogP contribution in [0.1, 0.15) is 24.0 Å². The van der Waals surface area contributed by atoms with Crippen LogP contribution < -0.4 is 10.9 Å². The van der Waals surface area contributed by atoms with E-state index in [1.54, 1.807) is 0 Å². The van der Waals surface area contributed by atoms with E-state index in [1.165, 1.54) is 0 Å². The molecule has 126 valence electrons. The predicted molar refractivity (Wildman–Crippen MR) is 101 cm³/mol. The maximum absolute atomic E-state index is 12.3. The zero-order chi connectivity index (χ0) is 17.4. The first-order valence-electron chi connectivity index (χ1n) is 8.30. The van der Waals surface area contributed by atoms with Gasteiger partial charge in [0.1, 0.15) is 0 Å². The number of aromatic amines is 1. The van der Waals surface area contributed by atoms with Crippen LogP contribution >= 0.6 is 11.6 Å². The first kappa shape index (κ1) is 15.9. The summed E-state index contributed by atoms with van der Waals surface area (Å²) in [6.07, 6.45) is 1.82. The Morgan fingerprint density at radius 2 is 1.96 bits per heavy atom. The Kier molecular flexibility index (Phi) is 4.06. The van der Waals surface area contributed by atoms with Crippen molar-refractivity contribution in [3.8, 4) is 11.3 Å². The molecule has 0 unspecified atom stereocenters. The molecular formula is C20H17ClN2O2. The van der Waals surface area contributed by atoms with Crippen molar-refractivity contribution in [1.82, 2.24) is 4.98 Å². The molecule has 4 rings (SSSR count). The van der Waals surface area contributed by atoms with Gasteiger partial charge in [-0.25, -0.2) is 0 Å². The number of hydrogen-bond acceptors (Lipinski definition) is 2. The Morgan fingerprint density at radius 3 is 2.76 bits per heavy atom. The van der Waals surface area contributed by atoms with Gasteiger partial charge >= 0.3 is 0 Å². The van der Waals surface area contributed by atoms with Crippen LogP contribution in [0.25, 0.3) is 22.0 Å². The number of aromatic nitrogens is 1. The summed E-state index contributed by atoms with van der Waals surface area (Å²) in [5, 5.41) is 4.61. The number of halogens is 1. The van der Waals surface area contributed by atoms with Crippen molar-refractivity contribution >= 4 is 34.0 Å². The van der Waals surface area contributed by atoms with Crippen molar-refractivity contribution < 1.29 is 4.79 Å². The Balaban J connectivity index is 1.71. The molecule has 4 nitrogen and oxygen atoms in total.